The van der Waals surface area contributed by atoms with Crippen LogP contribution in [-0.2, 0) is 24.7 Å². The summed E-state index contributed by atoms with van der Waals surface area (Å²) in [6.07, 6.45) is 5.57. The zero-order valence-electron chi connectivity index (χ0n) is 12.5. The summed E-state index contributed by atoms with van der Waals surface area (Å²) >= 11 is 1.41. The molecule has 1 aliphatic rings. The van der Waals surface area contributed by atoms with Crippen molar-refractivity contribution in [3.8, 4) is 0 Å². The summed E-state index contributed by atoms with van der Waals surface area (Å²) in [5.74, 6) is -0.221. The highest BCUT2D eigenvalue weighted by atomic mass is 32.1. The van der Waals surface area contributed by atoms with E-state index in [0.717, 1.165) is 18.4 Å². The maximum absolute atomic E-state index is 12.2. The van der Waals surface area contributed by atoms with Crippen LogP contribution in [0.1, 0.15) is 40.7 Å². The molecule has 3 rings (SSSR count). The highest BCUT2D eigenvalue weighted by Gasteiger charge is 2.14. The normalized spacial score (nSPS) is 14.1. The van der Waals surface area contributed by atoms with Gasteiger partial charge in [0, 0.05) is 37.0 Å². The van der Waals surface area contributed by atoms with Crippen molar-refractivity contribution >= 4 is 23.0 Å². The van der Waals surface area contributed by atoms with Gasteiger partial charge >= 0.3 is 0 Å². The number of amides is 1. The Morgan fingerprint density at radius 1 is 1.23 bits per heavy atom. The van der Waals surface area contributed by atoms with Crippen molar-refractivity contribution in [3.05, 3.63) is 51.3 Å². The molecule has 4 nitrogen and oxygen atoms in total. The monoisotopic (exact) mass is 314 g/mol. The van der Waals surface area contributed by atoms with Gasteiger partial charge in [-0.3, -0.25) is 9.59 Å². The van der Waals surface area contributed by atoms with Crippen molar-refractivity contribution in [1.29, 1.82) is 0 Å². The molecule has 0 saturated carbocycles. The van der Waals surface area contributed by atoms with E-state index in [-0.39, 0.29) is 24.5 Å². The number of fused-ring (bicyclic) bond motifs is 1. The van der Waals surface area contributed by atoms with Gasteiger partial charge in [0.2, 0.25) is 5.91 Å². The molecule has 22 heavy (non-hydrogen) atoms. The van der Waals surface area contributed by atoms with Gasteiger partial charge in [0.25, 0.3) is 0 Å². The Labute approximate surface area is 133 Å². The highest BCUT2D eigenvalue weighted by molar-refractivity contribution is 7.07. The minimum Gasteiger partial charge on any atom is -0.327 e. The summed E-state index contributed by atoms with van der Waals surface area (Å²) < 4.78 is 1.80. The summed E-state index contributed by atoms with van der Waals surface area (Å²) in [5.41, 5.74) is 3.36. The molecule has 0 bridgehead atoms. The van der Waals surface area contributed by atoms with Crippen LogP contribution in [0.4, 0.5) is 0 Å². The van der Waals surface area contributed by atoms with Gasteiger partial charge in [-0.1, -0.05) is 12.1 Å². The molecular weight excluding hydrogens is 296 g/mol. The first-order valence-electron chi connectivity index (χ1n) is 7.46. The number of nitrogens with zero attached hydrogens (tertiary/aromatic N) is 2. The van der Waals surface area contributed by atoms with Crippen molar-refractivity contribution in [2.24, 2.45) is 12.0 Å². The predicted octanol–water partition coefficient (Wildman–Crippen LogP) is 2.67. The molecule has 2 aromatic rings. The maximum atomic E-state index is 12.2. The number of ketones is 1. The summed E-state index contributed by atoms with van der Waals surface area (Å²) in [6, 6.07) is 5.92. The average molecular weight is 314 g/mol. The van der Waals surface area contributed by atoms with Gasteiger partial charge in [0.05, 0.1) is 0 Å². The summed E-state index contributed by atoms with van der Waals surface area (Å²) in [5, 5.41) is 1.88. The second kappa shape index (κ2) is 6.40. The third-order valence-corrected chi connectivity index (χ3v) is 4.81. The van der Waals surface area contributed by atoms with Gasteiger partial charge in [-0.15, -0.1) is 11.3 Å². The van der Waals surface area contributed by atoms with Crippen LogP contribution >= 0.6 is 11.3 Å². The number of rotatable bonds is 4. The third kappa shape index (κ3) is 3.25. The molecule has 0 radical (unpaired) electrons. The Hall–Kier alpha value is -2.01. The van der Waals surface area contributed by atoms with Crippen molar-refractivity contribution in [2.45, 2.75) is 32.1 Å². The van der Waals surface area contributed by atoms with E-state index in [0.29, 0.717) is 4.80 Å². The van der Waals surface area contributed by atoms with Crippen LogP contribution in [0.2, 0.25) is 0 Å². The van der Waals surface area contributed by atoms with E-state index in [9.17, 15) is 9.59 Å². The average Bonchev–Trinajstić information content (AvgIpc) is 3.13. The molecule has 1 aromatic carbocycles. The number of hydrogen-bond donors (Lipinski definition) is 0. The molecule has 0 N–H and O–H groups in total. The molecule has 0 saturated heterocycles. The first kappa shape index (κ1) is 14.9. The zero-order chi connectivity index (χ0) is 15.5. The van der Waals surface area contributed by atoms with E-state index in [1.54, 1.807) is 4.57 Å². The van der Waals surface area contributed by atoms with Crippen LogP contribution in [0.15, 0.2) is 34.8 Å². The van der Waals surface area contributed by atoms with Crippen molar-refractivity contribution in [3.63, 3.8) is 0 Å². The topological polar surface area (TPSA) is 51.4 Å². The van der Waals surface area contributed by atoms with Crippen LogP contribution < -0.4 is 4.80 Å². The number of aromatic nitrogens is 1. The van der Waals surface area contributed by atoms with Crippen LogP contribution in [0.3, 0.4) is 0 Å². The molecule has 114 valence electrons. The lowest BCUT2D eigenvalue weighted by atomic mass is 10.0. The molecule has 0 aliphatic heterocycles. The highest BCUT2D eigenvalue weighted by Crippen LogP contribution is 2.23. The smallest absolute Gasteiger partial charge is 0.248 e. The second-order valence-corrected chi connectivity index (χ2v) is 6.44. The number of thiazole rings is 1. The Bertz CT molecular complexity index is 786. The van der Waals surface area contributed by atoms with Crippen LogP contribution in [0.5, 0.6) is 0 Å². The van der Waals surface area contributed by atoms with Gasteiger partial charge in [-0.25, -0.2) is 0 Å². The molecule has 1 heterocycles. The summed E-state index contributed by atoms with van der Waals surface area (Å²) in [6.45, 7) is 0. The molecule has 1 amide bonds. The Morgan fingerprint density at radius 3 is 2.82 bits per heavy atom. The zero-order valence-corrected chi connectivity index (χ0v) is 13.4. The van der Waals surface area contributed by atoms with E-state index in [1.165, 1.54) is 28.9 Å². The first-order chi connectivity index (χ1) is 10.6. The fraction of sp³-hybridized carbons (Fsp3) is 0.353. The third-order valence-electron chi connectivity index (χ3n) is 3.97. The second-order valence-electron chi connectivity index (χ2n) is 5.56. The summed E-state index contributed by atoms with van der Waals surface area (Å²) in [7, 11) is 1.85. The fourth-order valence-electron chi connectivity index (χ4n) is 2.71. The molecule has 5 heteroatoms. The largest absolute Gasteiger partial charge is 0.327 e. The van der Waals surface area contributed by atoms with Crippen LogP contribution in [-0.4, -0.2) is 16.3 Å². The minimum atomic E-state index is -0.243. The molecule has 0 spiro atoms. The molecule has 1 aliphatic carbocycles. The van der Waals surface area contributed by atoms with Gasteiger partial charge in [-0.2, -0.15) is 4.99 Å². The maximum Gasteiger partial charge on any atom is 0.248 e. The van der Waals surface area contributed by atoms with Crippen LogP contribution in [0.25, 0.3) is 0 Å². The summed E-state index contributed by atoms with van der Waals surface area (Å²) in [4.78, 5) is 28.8. The van der Waals surface area contributed by atoms with E-state index >= 15 is 0 Å². The molecule has 0 atom stereocenters. The molecule has 1 aromatic heterocycles. The lowest BCUT2D eigenvalue weighted by molar-refractivity contribution is -0.118. The number of Topliss-reactive ketones (excluding diaryl/α,β-unsaturated/α-hetero) is 1. The van der Waals surface area contributed by atoms with Gasteiger partial charge in [0.1, 0.15) is 0 Å². The Kier molecular flexibility index (Phi) is 4.34. The Morgan fingerprint density at radius 2 is 2.05 bits per heavy atom. The predicted molar refractivity (Wildman–Crippen MR) is 85.9 cm³/mol. The lowest BCUT2D eigenvalue weighted by Gasteiger charge is -2.03. The fourth-order valence-corrected chi connectivity index (χ4v) is 3.45. The van der Waals surface area contributed by atoms with E-state index < -0.39 is 0 Å². The van der Waals surface area contributed by atoms with Gasteiger partial charge in [-0.05, 0) is 36.5 Å². The number of carbonyl (C=O) groups is 2. The van der Waals surface area contributed by atoms with Crippen LogP contribution in [0, 0.1) is 0 Å². The van der Waals surface area contributed by atoms with Gasteiger partial charge < -0.3 is 4.57 Å². The number of hydrogen-bond acceptors (Lipinski definition) is 3. The first-order valence-corrected chi connectivity index (χ1v) is 8.34. The van der Waals surface area contributed by atoms with Crippen molar-refractivity contribution in [2.75, 3.05) is 0 Å². The number of aryl methyl sites for hydroxylation is 3. The SMILES string of the molecule is Cn1ccsc1=NC(=O)CCC(=O)c1ccc2c(c1)CCC2. The van der Waals surface area contributed by atoms with E-state index in [2.05, 4.69) is 4.99 Å². The molecule has 0 fully saturated rings. The standard InChI is InChI=1S/C17H18N2O2S/c1-19-9-10-22-17(19)18-16(21)8-7-15(20)14-6-5-12-3-2-4-13(12)11-14/h5-6,9-11H,2-4,7-8H2,1H3. The van der Waals surface area contributed by atoms with E-state index in [1.807, 2.05) is 36.8 Å². The lowest BCUT2D eigenvalue weighted by Crippen LogP contribution is -2.13. The quantitative estimate of drug-likeness (QED) is 0.815. The van der Waals surface area contributed by atoms with Crippen molar-refractivity contribution < 1.29 is 9.59 Å². The Balaban J connectivity index is 1.63. The molecular formula is C17H18N2O2S. The van der Waals surface area contributed by atoms with Gasteiger partial charge in [0.15, 0.2) is 10.6 Å². The van der Waals surface area contributed by atoms with Crippen molar-refractivity contribution in [1.82, 2.24) is 4.57 Å². The molecule has 0 unspecified atom stereocenters. The van der Waals surface area contributed by atoms with E-state index in [4.69, 9.17) is 0 Å². The number of benzene rings is 1. The number of carbonyl (C=O) groups excluding carboxylic acids is 2. The minimum absolute atomic E-state index is 0.0220.